The highest BCUT2D eigenvalue weighted by Crippen LogP contribution is 2.42. The average molecular weight is 486 g/mol. The van der Waals surface area contributed by atoms with Gasteiger partial charge in [0.15, 0.2) is 18.1 Å². The van der Waals surface area contributed by atoms with Crippen LogP contribution in [0.2, 0.25) is 0 Å². The first-order valence-electron chi connectivity index (χ1n) is 9.53. The van der Waals surface area contributed by atoms with E-state index in [1.54, 1.807) is 0 Å². The van der Waals surface area contributed by atoms with Crippen LogP contribution in [0.4, 0.5) is 26.3 Å². The summed E-state index contributed by atoms with van der Waals surface area (Å²) < 4.78 is 88.0. The van der Waals surface area contributed by atoms with E-state index in [0.717, 1.165) is 42.5 Å². The van der Waals surface area contributed by atoms with Gasteiger partial charge in [0.25, 0.3) is 0 Å². The number of phenolic OH excluding ortho intramolecular Hbond substituents is 1. The summed E-state index contributed by atoms with van der Waals surface area (Å²) in [5, 5.41) is 19.2. The number of phenols is 1. The van der Waals surface area contributed by atoms with Crippen molar-refractivity contribution in [3.63, 3.8) is 0 Å². The predicted molar refractivity (Wildman–Crippen MR) is 107 cm³/mol. The molecule has 0 aliphatic carbocycles. The molecule has 180 valence electrons. The third-order valence-corrected chi connectivity index (χ3v) is 4.57. The molecule has 0 heterocycles. The van der Waals surface area contributed by atoms with Gasteiger partial charge in [0, 0.05) is 0 Å². The number of halogens is 6. The predicted octanol–water partition coefficient (Wildman–Crippen LogP) is 6.14. The Balaban J connectivity index is 1.95. The molecular weight excluding hydrogens is 470 g/mol. The molecule has 0 amide bonds. The molecule has 0 bridgehead atoms. The maximum absolute atomic E-state index is 13.1. The van der Waals surface area contributed by atoms with E-state index in [1.807, 2.05) is 0 Å². The zero-order valence-electron chi connectivity index (χ0n) is 17.1. The van der Waals surface area contributed by atoms with Gasteiger partial charge in [-0.2, -0.15) is 26.3 Å². The zero-order valence-corrected chi connectivity index (χ0v) is 17.1. The van der Waals surface area contributed by atoms with Crippen LogP contribution in [0.1, 0.15) is 16.7 Å². The van der Waals surface area contributed by atoms with Crippen LogP contribution in [0.15, 0.2) is 60.7 Å². The van der Waals surface area contributed by atoms with Gasteiger partial charge in [-0.05, 0) is 53.1 Å². The number of ether oxygens (including phenoxy) is 2. The molecule has 2 N–H and O–H groups in total. The first kappa shape index (κ1) is 24.7. The Labute approximate surface area is 188 Å². The van der Waals surface area contributed by atoms with E-state index in [-0.39, 0.29) is 29.2 Å². The van der Waals surface area contributed by atoms with E-state index in [0.29, 0.717) is 5.56 Å². The van der Waals surface area contributed by atoms with E-state index in [4.69, 9.17) is 14.6 Å². The maximum atomic E-state index is 13.1. The lowest BCUT2D eigenvalue weighted by molar-refractivity contribution is -0.139. The summed E-state index contributed by atoms with van der Waals surface area (Å²) in [6, 6.07) is 10.6. The Kier molecular flexibility index (Phi) is 6.94. The van der Waals surface area contributed by atoms with Crippen LogP contribution in [-0.2, 0) is 23.8 Å². The normalized spacial score (nSPS) is 11.8. The minimum Gasteiger partial charge on any atom is -0.504 e. The largest absolute Gasteiger partial charge is 0.504 e. The van der Waals surface area contributed by atoms with Crippen molar-refractivity contribution in [2.45, 2.75) is 19.0 Å². The van der Waals surface area contributed by atoms with Gasteiger partial charge < -0.3 is 19.7 Å². The lowest BCUT2D eigenvalue weighted by Gasteiger charge is -2.16. The van der Waals surface area contributed by atoms with Crippen molar-refractivity contribution in [3.8, 4) is 28.4 Å². The van der Waals surface area contributed by atoms with Crippen molar-refractivity contribution >= 4 is 5.97 Å². The highest BCUT2D eigenvalue weighted by Gasteiger charge is 2.31. The molecule has 0 unspecified atom stereocenters. The van der Waals surface area contributed by atoms with Gasteiger partial charge >= 0.3 is 18.3 Å². The Hall–Kier alpha value is -3.89. The zero-order chi connectivity index (χ0) is 25.1. The van der Waals surface area contributed by atoms with Crippen LogP contribution < -0.4 is 9.47 Å². The van der Waals surface area contributed by atoms with Crippen molar-refractivity contribution in [1.29, 1.82) is 0 Å². The number of aliphatic carboxylic acids is 1. The van der Waals surface area contributed by atoms with Crippen LogP contribution >= 0.6 is 0 Å². The maximum Gasteiger partial charge on any atom is 0.416 e. The minimum atomic E-state index is -4.61. The van der Waals surface area contributed by atoms with Gasteiger partial charge in [0.1, 0.15) is 6.61 Å². The lowest BCUT2D eigenvalue weighted by Crippen LogP contribution is -2.10. The number of carbonyl (C=O) groups is 1. The molecule has 0 aliphatic heterocycles. The highest BCUT2D eigenvalue weighted by atomic mass is 19.4. The van der Waals surface area contributed by atoms with Crippen molar-refractivity contribution in [1.82, 2.24) is 0 Å². The van der Waals surface area contributed by atoms with E-state index in [9.17, 15) is 36.2 Å². The Morgan fingerprint density at radius 1 is 0.794 bits per heavy atom. The molecule has 11 heteroatoms. The number of rotatable bonds is 7. The summed E-state index contributed by atoms with van der Waals surface area (Å²) in [7, 11) is 0. The third-order valence-electron chi connectivity index (χ3n) is 4.57. The van der Waals surface area contributed by atoms with E-state index >= 15 is 0 Å². The standard InChI is InChI=1S/C23H16F6O5/c24-22(25,26)16-6-4-13(5-7-16)11-33-19-10-15(9-18(30)21(19)34-12-20(31)32)14-2-1-3-17(8-14)23(27,28)29/h1-10,30H,11-12H2,(H,31,32). The topological polar surface area (TPSA) is 76.0 Å². The molecule has 3 aromatic rings. The molecule has 3 rings (SSSR count). The summed E-state index contributed by atoms with van der Waals surface area (Å²) in [5.41, 5.74) is -1.31. The fourth-order valence-corrected chi connectivity index (χ4v) is 2.97. The number of alkyl halides is 6. The third kappa shape index (κ3) is 6.12. The molecule has 0 aliphatic rings. The summed E-state index contributed by atoms with van der Waals surface area (Å²) in [6.45, 7) is -1.15. The fraction of sp³-hybridized carbons (Fsp3) is 0.174. The second kappa shape index (κ2) is 9.54. The summed E-state index contributed by atoms with van der Waals surface area (Å²) in [6.07, 6.45) is -9.13. The molecule has 0 fully saturated rings. The second-order valence-electron chi connectivity index (χ2n) is 7.07. The molecule has 3 aromatic carbocycles. The van der Waals surface area contributed by atoms with E-state index in [1.165, 1.54) is 18.2 Å². The molecule has 0 radical (unpaired) electrons. The number of hydrogen-bond acceptors (Lipinski definition) is 4. The monoisotopic (exact) mass is 486 g/mol. The van der Waals surface area contributed by atoms with Crippen LogP contribution in [0.3, 0.4) is 0 Å². The highest BCUT2D eigenvalue weighted by molar-refractivity contribution is 5.73. The smallest absolute Gasteiger partial charge is 0.416 e. The van der Waals surface area contributed by atoms with Crippen LogP contribution in [0.5, 0.6) is 17.2 Å². The molecule has 34 heavy (non-hydrogen) atoms. The molecule has 0 saturated carbocycles. The fourth-order valence-electron chi connectivity index (χ4n) is 2.97. The van der Waals surface area contributed by atoms with E-state index in [2.05, 4.69) is 0 Å². The first-order valence-corrected chi connectivity index (χ1v) is 9.53. The minimum absolute atomic E-state index is 0.0780. The number of carboxylic acid groups (broad SMARTS) is 1. The van der Waals surface area contributed by atoms with Crippen molar-refractivity contribution in [2.24, 2.45) is 0 Å². The van der Waals surface area contributed by atoms with Crippen molar-refractivity contribution in [2.75, 3.05) is 6.61 Å². The van der Waals surface area contributed by atoms with Gasteiger partial charge in [-0.1, -0.05) is 24.3 Å². The van der Waals surface area contributed by atoms with Gasteiger partial charge in [-0.25, -0.2) is 4.79 Å². The van der Waals surface area contributed by atoms with Crippen LogP contribution in [-0.4, -0.2) is 22.8 Å². The average Bonchev–Trinajstić information content (AvgIpc) is 2.75. The SMILES string of the molecule is O=C(O)COc1c(O)cc(-c2cccc(C(F)(F)F)c2)cc1OCc1ccc(C(F)(F)F)cc1. The molecule has 0 aromatic heterocycles. The Morgan fingerprint density at radius 2 is 1.44 bits per heavy atom. The van der Waals surface area contributed by atoms with Crippen molar-refractivity contribution in [3.05, 3.63) is 77.4 Å². The summed E-state index contributed by atoms with van der Waals surface area (Å²) >= 11 is 0. The Morgan fingerprint density at radius 3 is 2.03 bits per heavy atom. The number of aromatic hydroxyl groups is 1. The second-order valence-corrected chi connectivity index (χ2v) is 7.07. The quantitative estimate of drug-likeness (QED) is 0.393. The van der Waals surface area contributed by atoms with Gasteiger partial charge in [-0.3, -0.25) is 0 Å². The molecule has 0 atom stereocenters. The van der Waals surface area contributed by atoms with Crippen LogP contribution in [0, 0.1) is 0 Å². The van der Waals surface area contributed by atoms with Gasteiger partial charge in [0.05, 0.1) is 11.1 Å². The van der Waals surface area contributed by atoms with Gasteiger partial charge in [-0.15, -0.1) is 0 Å². The number of benzene rings is 3. The molecular formula is C23H16F6O5. The summed E-state index contributed by atoms with van der Waals surface area (Å²) in [5.74, 6) is -2.56. The molecule has 5 nitrogen and oxygen atoms in total. The Bertz CT molecular complexity index is 1170. The number of carboxylic acids is 1. The first-order chi connectivity index (χ1) is 15.8. The van der Waals surface area contributed by atoms with E-state index < -0.39 is 41.8 Å². The van der Waals surface area contributed by atoms with Gasteiger partial charge in [0.2, 0.25) is 5.75 Å². The molecule has 0 spiro atoms. The molecule has 0 saturated heterocycles. The summed E-state index contributed by atoms with van der Waals surface area (Å²) in [4.78, 5) is 10.9. The number of hydrogen-bond donors (Lipinski definition) is 2. The van der Waals surface area contributed by atoms with Crippen LogP contribution in [0.25, 0.3) is 11.1 Å². The lowest BCUT2D eigenvalue weighted by atomic mass is 10.0. The van der Waals surface area contributed by atoms with Crippen molar-refractivity contribution < 1.29 is 50.8 Å².